The van der Waals surface area contributed by atoms with Crippen LogP contribution in [0.4, 0.5) is 0 Å². The monoisotopic (exact) mass is 414 g/mol. The van der Waals surface area contributed by atoms with Gasteiger partial charge in [0.25, 0.3) is 0 Å². The Morgan fingerprint density at radius 3 is 2.42 bits per heavy atom. The highest BCUT2D eigenvalue weighted by Gasteiger charge is 2.12. The highest BCUT2D eigenvalue weighted by molar-refractivity contribution is 5.95. The molecule has 1 heterocycles. The highest BCUT2D eigenvalue weighted by Crippen LogP contribution is 2.24. The van der Waals surface area contributed by atoms with Crippen LogP contribution in [0.1, 0.15) is 55.9 Å². The summed E-state index contributed by atoms with van der Waals surface area (Å²) < 4.78 is 2.30. The van der Waals surface area contributed by atoms with Crippen molar-refractivity contribution < 1.29 is 9.90 Å². The zero-order valence-corrected chi connectivity index (χ0v) is 18.7. The summed E-state index contributed by atoms with van der Waals surface area (Å²) in [4.78, 5) is 16.4. The van der Waals surface area contributed by atoms with Crippen LogP contribution in [-0.2, 0) is 13.0 Å². The van der Waals surface area contributed by atoms with E-state index in [9.17, 15) is 9.90 Å². The number of aromatic carboxylic acids is 1. The van der Waals surface area contributed by atoms with Gasteiger partial charge in [-0.3, -0.25) is 0 Å². The number of benzene rings is 2. The Morgan fingerprint density at radius 2 is 1.81 bits per heavy atom. The molecule has 0 saturated carbocycles. The molecule has 0 bridgehead atoms. The van der Waals surface area contributed by atoms with E-state index in [0.29, 0.717) is 5.56 Å². The molecular formula is C27H30N2O2. The van der Waals surface area contributed by atoms with Crippen LogP contribution in [0.3, 0.4) is 0 Å². The van der Waals surface area contributed by atoms with E-state index < -0.39 is 5.97 Å². The molecule has 4 heteroatoms. The minimum atomic E-state index is -0.912. The lowest BCUT2D eigenvalue weighted by Gasteiger charge is -2.11. The van der Waals surface area contributed by atoms with E-state index in [0.717, 1.165) is 52.6 Å². The maximum Gasteiger partial charge on any atom is 0.336 e. The predicted octanol–water partition coefficient (Wildman–Crippen LogP) is 4.80. The number of allylic oxidation sites excluding steroid dienone is 2. The van der Waals surface area contributed by atoms with Gasteiger partial charge in [-0.15, -0.1) is 0 Å². The van der Waals surface area contributed by atoms with E-state index in [-0.39, 0.29) is 0 Å². The van der Waals surface area contributed by atoms with Crippen molar-refractivity contribution in [2.45, 2.75) is 47.1 Å². The molecule has 0 radical (unpaired) electrons. The second kappa shape index (κ2) is 10.1. The van der Waals surface area contributed by atoms with Crippen LogP contribution in [0.15, 0.2) is 60.2 Å². The van der Waals surface area contributed by atoms with E-state index in [1.807, 2.05) is 38.1 Å². The highest BCUT2D eigenvalue weighted by atomic mass is 16.4. The van der Waals surface area contributed by atoms with Crippen molar-refractivity contribution in [3.05, 3.63) is 87.8 Å². The van der Waals surface area contributed by atoms with Gasteiger partial charge in [-0.25, -0.2) is 9.78 Å². The minimum absolute atomic E-state index is 0.317. The second-order valence-electron chi connectivity index (χ2n) is 7.65. The zero-order chi connectivity index (χ0) is 22.4. The molecule has 1 N–H and O–H groups in total. The number of hydrogen-bond acceptors (Lipinski definition) is 2. The van der Waals surface area contributed by atoms with E-state index in [4.69, 9.17) is 4.98 Å². The van der Waals surface area contributed by atoms with Crippen molar-refractivity contribution in [1.82, 2.24) is 9.55 Å². The molecule has 0 fully saturated rings. The molecule has 0 aliphatic rings. The van der Waals surface area contributed by atoms with E-state index in [1.54, 1.807) is 12.1 Å². The molecule has 160 valence electrons. The van der Waals surface area contributed by atoms with Crippen molar-refractivity contribution in [2.75, 3.05) is 0 Å². The first kappa shape index (κ1) is 22.3. The summed E-state index contributed by atoms with van der Waals surface area (Å²) in [6, 6.07) is 15.3. The molecule has 0 amide bonds. The van der Waals surface area contributed by atoms with Gasteiger partial charge in [0.15, 0.2) is 0 Å². The third kappa shape index (κ3) is 5.02. The molecule has 0 saturated heterocycles. The van der Waals surface area contributed by atoms with Crippen molar-refractivity contribution >= 4 is 18.1 Å². The zero-order valence-electron chi connectivity index (χ0n) is 18.7. The number of aromatic nitrogens is 2. The van der Waals surface area contributed by atoms with Crippen LogP contribution in [0.25, 0.3) is 23.3 Å². The largest absolute Gasteiger partial charge is 0.478 e. The molecule has 2 aromatic carbocycles. The summed E-state index contributed by atoms with van der Waals surface area (Å²) in [7, 11) is 0. The van der Waals surface area contributed by atoms with Gasteiger partial charge in [0.05, 0.1) is 16.3 Å². The summed E-state index contributed by atoms with van der Waals surface area (Å²) >= 11 is 0. The molecule has 0 unspecified atom stereocenters. The number of carboxylic acids is 1. The van der Waals surface area contributed by atoms with Crippen LogP contribution >= 0.6 is 0 Å². The van der Waals surface area contributed by atoms with Gasteiger partial charge in [-0.1, -0.05) is 67.1 Å². The molecule has 0 spiro atoms. The van der Waals surface area contributed by atoms with Gasteiger partial charge in [0.2, 0.25) is 0 Å². The molecule has 4 nitrogen and oxygen atoms in total. The first-order valence-electron chi connectivity index (χ1n) is 10.8. The average Bonchev–Trinajstić information content (AvgIpc) is 3.10. The third-order valence-electron chi connectivity index (χ3n) is 5.44. The van der Waals surface area contributed by atoms with Crippen LogP contribution in [0.5, 0.6) is 0 Å². The minimum Gasteiger partial charge on any atom is -0.478 e. The number of hydrogen-bond donors (Lipinski definition) is 1. The first-order valence-corrected chi connectivity index (χ1v) is 10.8. The van der Waals surface area contributed by atoms with Crippen molar-refractivity contribution in [3.8, 4) is 11.1 Å². The fraction of sp³-hybridized carbons (Fsp3) is 0.259. The Labute approximate surface area is 183 Å². The normalized spacial score (nSPS) is 13.1. The number of carboxylic acid groups (broad SMARTS) is 1. The van der Waals surface area contributed by atoms with Gasteiger partial charge in [-0.05, 0) is 56.0 Å². The quantitative estimate of drug-likeness (QED) is 0.604. The number of rotatable bonds is 7. The molecular weight excluding hydrogens is 384 g/mol. The maximum absolute atomic E-state index is 11.6. The van der Waals surface area contributed by atoms with E-state index in [2.05, 4.69) is 48.8 Å². The van der Waals surface area contributed by atoms with Gasteiger partial charge >= 0.3 is 5.97 Å². The maximum atomic E-state index is 11.6. The Bertz CT molecular complexity index is 1220. The number of nitrogens with zero attached hydrogens (tertiary/aromatic N) is 2. The SMILES string of the molecule is C\C=C(C)/C=c1\c(=C\C)nc(CCC)n1Cc1ccc(-c2ccccc2C(=O)O)cc1. The lowest BCUT2D eigenvalue weighted by atomic mass is 9.99. The number of carbonyl (C=O) groups is 1. The Hall–Kier alpha value is -3.40. The molecule has 3 aromatic rings. The molecule has 1 aromatic heterocycles. The van der Waals surface area contributed by atoms with Crippen LogP contribution in [-0.4, -0.2) is 20.6 Å². The van der Waals surface area contributed by atoms with Crippen LogP contribution in [0.2, 0.25) is 0 Å². The molecule has 0 atom stereocenters. The van der Waals surface area contributed by atoms with Crippen LogP contribution in [0, 0.1) is 0 Å². The van der Waals surface area contributed by atoms with E-state index in [1.165, 1.54) is 5.57 Å². The Balaban J connectivity index is 2.03. The average molecular weight is 415 g/mol. The summed E-state index contributed by atoms with van der Waals surface area (Å²) in [5, 5.41) is 11.6. The fourth-order valence-corrected chi connectivity index (χ4v) is 3.68. The van der Waals surface area contributed by atoms with Gasteiger partial charge in [-0.2, -0.15) is 0 Å². The lowest BCUT2D eigenvalue weighted by molar-refractivity contribution is 0.0697. The second-order valence-corrected chi connectivity index (χ2v) is 7.65. The Kier molecular flexibility index (Phi) is 7.24. The molecule has 0 aliphatic carbocycles. The van der Waals surface area contributed by atoms with Crippen molar-refractivity contribution in [1.29, 1.82) is 0 Å². The summed E-state index contributed by atoms with van der Waals surface area (Å²) in [5.74, 6) is 0.177. The van der Waals surface area contributed by atoms with Crippen LogP contribution < -0.4 is 10.7 Å². The van der Waals surface area contributed by atoms with Crippen molar-refractivity contribution in [3.63, 3.8) is 0 Å². The van der Waals surface area contributed by atoms with Gasteiger partial charge in [0, 0.05) is 13.0 Å². The summed E-state index contributed by atoms with van der Waals surface area (Å²) in [6.45, 7) is 9.07. The molecule has 31 heavy (non-hydrogen) atoms. The number of imidazole rings is 1. The topological polar surface area (TPSA) is 55.1 Å². The third-order valence-corrected chi connectivity index (χ3v) is 5.44. The number of aryl methyl sites for hydroxylation is 1. The van der Waals surface area contributed by atoms with Gasteiger partial charge < -0.3 is 9.67 Å². The predicted molar refractivity (Wildman–Crippen MR) is 127 cm³/mol. The summed E-state index contributed by atoms with van der Waals surface area (Å²) in [5.41, 5.74) is 4.31. The van der Waals surface area contributed by atoms with E-state index >= 15 is 0 Å². The fourth-order valence-electron chi connectivity index (χ4n) is 3.68. The Morgan fingerprint density at radius 1 is 1.10 bits per heavy atom. The molecule has 0 aliphatic heterocycles. The molecule has 3 rings (SSSR count). The van der Waals surface area contributed by atoms with Gasteiger partial charge in [0.1, 0.15) is 5.82 Å². The lowest BCUT2D eigenvalue weighted by Crippen LogP contribution is -2.30. The standard InChI is InChI=1S/C27H30N2O2/c1-5-10-26-28-24(7-3)25(17-19(4)6-2)29(26)18-20-13-15-21(16-14-20)22-11-8-9-12-23(22)27(30)31/h6-9,11-17H,5,10,18H2,1-4H3,(H,30,31)/b19-6-,24-7-,25-17+. The smallest absolute Gasteiger partial charge is 0.336 e. The van der Waals surface area contributed by atoms with Crippen molar-refractivity contribution in [2.24, 2.45) is 0 Å². The first-order chi connectivity index (χ1) is 15.0. The summed E-state index contributed by atoms with van der Waals surface area (Å²) in [6.07, 6.45) is 8.32.